The standard InChI is InChI=1S/C13H15F3N2O2/c1-3-4-18(7-11(19)17-2)13(20)8-5-9(14)12(16)10(15)6-8/h5-6H,3-4,7H2,1-2H3,(H,17,19). The molecule has 0 heterocycles. The number of carbonyl (C=O) groups is 2. The number of likely N-dealkylation sites (N-methyl/N-ethyl adjacent to an activating group) is 1. The van der Waals surface area contributed by atoms with Gasteiger partial charge in [0.15, 0.2) is 17.5 Å². The van der Waals surface area contributed by atoms with Gasteiger partial charge in [0.2, 0.25) is 5.91 Å². The van der Waals surface area contributed by atoms with E-state index < -0.39 is 29.3 Å². The van der Waals surface area contributed by atoms with Crippen LogP contribution < -0.4 is 5.32 Å². The smallest absolute Gasteiger partial charge is 0.254 e. The van der Waals surface area contributed by atoms with E-state index in [1.165, 1.54) is 7.05 Å². The number of amides is 2. The fourth-order valence-corrected chi connectivity index (χ4v) is 1.64. The van der Waals surface area contributed by atoms with Gasteiger partial charge in [0.05, 0.1) is 6.54 Å². The summed E-state index contributed by atoms with van der Waals surface area (Å²) in [4.78, 5) is 24.5. The van der Waals surface area contributed by atoms with Gasteiger partial charge in [0, 0.05) is 19.2 Å². The minimum Gasteiger partial charge on any atom is -0.358 e. The molecule has 0 saturated carbocycles. The molecule has 0 fully saturated rings. The highest BCUT2D eigenvalue weighted by Crippen LogP contribution is 2.15. The van der Waals surface area contributed by atoms with Gasteiger partial charge < -0.3 is 10.2 Å². The van der Waals surface area contributed by atoms with Crippen LogP contribution in [0.5, 0.6) is 0 Å². The fourth-order valence-electron chi connectivity index (χ4n) is 1.64. The summed E-state index contributed by atoms with van der Waals surface area (Å²) < 4.78 is 39.1. The van der Waals surface area contributed by atoms with Crippen molar-refractivity contribution in [2.24, 2.45) is 0 Å². The lowest BCUT2D eigenvalue weighted by molar-refractivity contribution is -0.121. The first-order valence-electron chi connectivity index (χ1n) is 6.05. The van der Waals surface area contributed by atoms with E-state index in [0.717, 1.165) is 4.90 Å². The highest BCUT2D eigenvalue weighted by molar-refractivity contribution is 5.96. The summed E-state index contributed by atoms with van der Waals surface area (Å²) in [5.74, 6) is -5.65. The number of benzene rings is 1. The molecule has 0 unspecified atom stereocenters. The van der Waals surface area contributed by atoms with Crippen LogP contribution in [0.3, 0.4) is 0 Å². The molecule has 0 radical (unpaired) electrons. The molecule has 0 bridgehead atoms. The molecule has 0 atom stereocenters. The van der Waals surface area contributed by atoms with Crippen molar-refractivity contribution >= 4 is 11.8 Å². The van der Waals surface area contributed by atoms with E-state index in [2.05, 4.69) is 5.32 Å². The van der Waals surface area contributed by atoms with Gasteiger partial charge in [-0.05, 0) is 18.6 Å². The summed E-state index contributed by atoms with van der Waals surface area (Å²) in [5.41, 5.74) is -0.334. The number of halogens is 3. The van der Waals surface area contributed by atoms with Crippen molar-refractivity contribution in [2.75, 3.05) is 20.1 Å². The molecule has 0 saturated heterocycles. The predicted molar refractivity (Wildman–Crippen MR) is 66.6 cm³/mol. The number of hydrogen-bond acceptors (Lipinski definition) is 2. The molecule has 1 aromatic rings. The van der Waals surface area contributed by atoms with Gasteiger partial charge in [0.25, 0.3) is 5.91 Å². The average molecular weight is 288 g/mol. The Kier molecular flexibility index (Phi) is 5.54. The Hall–Kier alpha value is -2.05. The molecule has 0 spiro atoms. The maximum absolute atomic E-state index is 13.1. The molecule has 1 N–H and O–H groups in total. The summed E-state index contributed by atoms with van der Waals surface area (Å²) in [6, 6.07) is 1.24. The van der Waals surface area contributed by atoms with E-state index in [9.17, 15) is 22.8 Å². The second-order valence-corrected chi connectivity index (χ2v) is 4.15. The van der Waals surface area contributed by atoms with Crippen LogP contribution in [-0.2, 0) is 4.79 Å². The van der Waals surface area contributed by atoms with Crippen LogP contribution in [0.15, 0.2) is 12.1 Å². The van der Waals surface area contributed by atoms with E-state index >= 15 is 0 Å². The number of rotatable bonds is 5. The molecule has 7 heteroatoms. The molecule has 0 aliphatic carbocycles. The van der Waals surface area contributed by atoms with Crippen LogP contribution in [0.25, 0.3) is 0 Å². The van der Waals surface area contributed by atoms with Gasteiger partial charge in [-0.15, -0.1) is 0 Å². The van der Waals surface area contributed by atoms with Crippen molar-refractivity contribution in [1.29, 1.82) is 0 Å². The zero-order valence-electron chi connectivity index (χ0n) is 11.2. The van der Waals surface area contributed by atoms with Gasteiger partial charge in [-0.3, -0.25) is 9.59 Å². The first-order valence-corrected chi connectivity index (χ1v) is 6.05. The normalized spacial score (nSPS) is 10.2. The molecule has 0 aliphatic rings. The molecular formula is C13H15F3N2O2. The third-order valence-electron chi connectivity index (χ3n) is 2.62. The van der Waals surface area contributed by atoms with E-state index in [-0.39, 0.29) is 18.7 Å². The second-order valence-electron chi connectivity index (χ2n) is 4.15. The first-order chi connectivity index (χ1) is 9.40. The Balaban J connectivity index is 3.03. The Morgan fingerprint density at radius 3 is 2.20 bits per heavy atom. The molecule has 1 rings (SSSR count). The molecule has 20 heavy (non-hydrogen) atoms. The second kappa shape index (κ2) is 6.93. The maximum Gasteiger partial charge on any atom is 0.254 e. The summed E-state index contributed by atoms with van der Waals surface area (Å²) in [6.45, 7) is 1.80. The van der Waals surface area contributed by atoms with Crippen molar-refractivity contribution < 1.29 is 22.8 Å². The summed E-state index contributed by atoms with van der Waals surface area (Å²) in [5, 5.41) is 2.35. The number of nitrogens with zero attached hydrogens (tertiary/aromatic N) is 1. The van der Waals surface area contributed by atoms with Crippen molar-refractivity contribution in [3.63, 3.8) is 0 Å². The summed E-state index contributed by atoms with van der Waals surface area (Å²) in [7, 11) is 1.41. The summed E-state index contributed by atoms with van der Waals surface area (Å²) >= 11 is 0. The van der Waals surface area contributed by atoms with Crippen LogP contribution in [0.4, 0.5) is 13.2 Å². The summed E-state index contributed by atoms with van der Waals surface area (Å²) in [6.07, 6.45) is 0.564. The predicted octanol–water partition coefficient (Wildman–Crippen LogP) is 1.70. The van der Waals surface area contributed by atoms with Crippen LogP contribution >= 0.6 is 0 Å². The molecule has 0 aliphatic heterocycles. The Bertz CT molecular complexity index is 497. The van der Waals surface area contributed by atoms with Crippen molar-refractivity contribution in [3.05, 3.63) is 35.1 Å². The Morgan fingerprint density at radius 2 is 1.75 bits per heavy atom. The fraction of sp³-hybridized carbons (Fsp3) is 0.385. The third-order valence-corrected chi connectivity index (χ3v) is 2.62. The van der Waals surface area contributed by atoms with E-state index in [0.29, 0.717) is 18.6 Å². The SMILES string of the molecule is CCCN(CC(=O)NC)C(=O)c1cc(F)c(F)c(F)c1. The monoisotopic (exact) mass is 288 g/mol. The third kappa shape index (κ3) is 3.72. The molecule has 0 aromatic heterocycles. The zero-order valence-corrected chi connectivity index (χ0v) is 11.2. The molecular weight excluding hydrogens is 273 g/mol. The largest absolute Gasteiger partial charge is 0.358 e. The number of hydrogen-bond donors (Lipinski definition) is 1. The minimum atomic E-state index is -1.63. The average Bonchev–Trinajstić information content (AvgIpc) is 2.42. The van der Waals surface area contributed by atoms with Crippen molar-refractivity contribution in [3.8, 4) is 0 Å². The van der Waals surface area contributed by atoms with Gasteiger partial charge in [-0.2, -0.15) is 0 Å². The van der Waals surface area contributed by atoms with E-state index in [4.69, 9.17) is 0 Å². The topological polar surface area (TPSA) is 49.4 Å². The van der Waals surface area contributed by atoms with E-state index in [1.54, 1.807) is 6.92 Å². The van der Waals surface area contributed by atoms with Crippen LogP contribution in [0.2, 0.25) is 0 Å². The van der Waals surface area contributed by atoms with Gasteiger partial charge in [0.1, 0.15) is 0 Å². The zero-order chi connectivity index (χ0) is 15.3. The lowest BCUT2D eigenvalue weighted by Gasteiger charge is -2.21. The molecule has 110 valence electrons. The number of carbonyl (C=O) groups excluding carboxylic acids is 2. The van der Waals surface area contributed by atoms with Gasteiger partial charge >= 0.3 is 0 Å². The van der Waals surface area contributed by atoms with Crippen molar-refractivity contribution in [1.82, 2.24) is 10.2 Å². The quantitative estimate of drug-likeness (QED) is 0.838. The molecule has 4 nitrogen and oxygen atoms in total. The highest BCUT2D eigenvalue weighted by Gasteiger charge is 2.21. The molecule has 2 amide bonds. The van der Waals surface area contributed by atoms with E-state index in [1.807, 2.05) is 0 Å². The lowest BCUT2D eigenvalue weighted by Crippen LogP contribution is -2.40. The lowest BCUT2D eigenvalue weighted by atomic mass is 10.1. The van der Waals surface area contributed by atoms with Gasteiger partial charge in [-0.25, -0.2) is 13.2 Å². The Morgan fingerprint density at radius 1 is 1.20 bits per heavy atom. The van der Waals surface area contributed by atoms with Crippen molar-refractivity contribution in [2.45, 2.75) is 13.3 Å². The first kappa shape index (κ1) is 16.0. The highest BCUT2D eigenvalue weighted by atomic mass is 19.2. The number of nitrogens with one attached hydrogen (secondary N) is 1. The maximum atomic E-state index is 13.1. The van der Waals surface area contributed by atoms with Gasteiger partial charge in [-0.1, -0.05) is 6.92 Å². The minimum absolute atomic E-state index is 0.232. The van der Waals surface area contributed by atoms with Crippen LogP contribution in [0.1, 0.15) is 23.7 Å². The molecule has 1 aromatic carbocycles. The van der Waals surface area contributed by atoms with Crippen LogP contribution in [0, 0.1) is 17.5 Å². The van der Waals surface area contributed by atoms with Crippen LogP contribution in [-0.4, -0.2) is 36.9 Å². The Labute approximate surface area is 114 Å².